The van der Waals surface area contributed by atoms with Gasteiger partial charge in [-0.05, 0) is 106 Å². The summed E-state index contributed by atoms with van der Waals surface area (Å²) < 4.78 is 167. The smallest absolute Gasteiger partial charge is 0.374 e. The fraction of sp³-hybridized carbons (Fsp3) is 0.774. The van der Waals surface area contributed by atoms with Crippen molar-refractivity contribution in [2.45, 2.75) is 111 Å². The number of rotatable bonds is 10. The highest BCUT2D eigenvalue weighted by atomic mass is 32.2. The summed E-state index contributed by atoms with van der Waals surface area (Å²) >= 11 is 24.8. The molecule has 2 amide bonds. The van der Waals surface area contributed by atoms with Crippen LogP contribution in [0.25, 0.3) is 0 Å². The van der Waals surface area contributed by atoms with Gasteiger partial charge in [0, 0.05) is 191 Å². The van der Waals surface area contributed by atoms with Crippen LogP contribution in [0.2, 0.25) is 0 Å². The van der Waals surface area contributed by atoms with Gasteiger partial charge in [-0.1, -0.05) is 68.1 Å². The van der Waals surface area contributed by atoms with Gasteiger partial charge in [-0.25, -0.2) is 60.7 Å². The number of hydrogen-bond donors (Lipinski definition) is 4. The minimum Gasteiger partial charge on any atom is -0.491 e. The van der Waals surface area contributed by atoms with E-state index in [1.54, 1.807) is 111 Å². The van der Waals surface area contributed by atoms with Gasteiger partial charge in [0.25, 0.3) is 10.1 Å². The lowest BCUT2D eigenvalue weighted by Crippen LogP contribution is -2.19. The Labute approximate surface area is 741 Å². The molecule has 0 aliphatic heterocycles. The first-order chi connectivity index (χ1) is 50.3. The van der Waals surface area contributed by atoms with Crippen LogP contribution in [0.1, 0.15) is 111 Å². The number of carbonyl (C=O) groups excluding carboxylic acids is 9. The Balaban J connectivity index is -0.0000000395. The zero-order valence-corrected chi connectivity index (χ0v) is 89.3. The van der Waals surface area contributed by atoms with Gasteiger partial charge in [0.2, 0.25) is 37.6 Å². The minimum atomic E-state index is -3.16. The molecule has 0 aromatic rings. The summed E-state index contributed by atoms with van der Waals surface area (Å²) in [7, 11) is 13.1. The monoisotopic (exact) mass is 1980 g/mol. The molecule has 0 aliphatic rings. The molecule has 3 atom stereocenters. The summed E-state index contributed by atoms with van der Waals surface area (Å²) in [6.45, 7) is 25.2. The summed E-state index contributed by atoms with van der Waals surface area (Å²) in [6.07, 6.45) is 17.3. The third-order valence-corrected chi connectivity index (χ3v) is 15.6. The van der Waals surface area contributed by atoms with Crippen LogP contribution in [0.3, 0.4) is 0 Å². The molecule has 0 saturated carbocycles. The van der Waals surface area contributed by atoms with Gasteiger partial charge in [-0.3, -0.25) is 50.7 Å². The number of nitrogens with one attached hydrogen (secondary N) is 4. The Morgan fingerprint density at radius 3 is 0.670 bits per heavy atom. The number of hydrogen-bond acceptors (Lipinski definition) is 36. The van der Waals surface area contributed by atoms with E-state index in [4.69, 9.17) is 12.2 Å². The molecule has 706 valence electrons. The number of sulfonamides is 2. The number of amides is 2. The largest absolute Gasteiger partial charge is 0.491 e. The molecule has 4 N–H and O–H groups in total. The summed E-state index contributed by atoms with van der Waals surface area (Å²) in [4.78, 5) is 94.2. The Morgan fingerprint density at radius 1 is 0.496 bits per heavy atom. The van der Waals surface area contributed by atoms with Crippen LogP contribution < -0.4 is 20.1 Å². The molecule has 0 aromatic carbocycles. The molecule has 3 unspecified atom stereocenters. The molecular weight excluding hydrogens is 1830 g/mol. The number of carbonyl (C=O) groups is 9. The van der Waals surface area contributed by atoms with Gasteiger partial charge in [-0.2, -0.15) is 8.42 Å². The molecule has 53 heteroatoms. The molecule has 115 heavy (non-hydrogen) atoms. The molecule has 0 heterocycles. The average Bonchev–Trinajstić information content (AvgIpc) is 0.959. The van der Waals surface area contributed by atoms with E-state index >= 15 is 0 Å². The Kier molecular flexibility index (Phi) is 177. The summed E-state index contributed by atoms with van der Waals surface area (Å²) in [5.74, 6) is -2.10. The predicted octanol–water partition coefficient (Wildman–Crippen LogP) is 5.88. The SMILES string of the molecule is C.CC(=O)C(C)=O.CC(=O)N(C)C.CC(=S)N(C)C.CC(C)=O.CC(C)=S.CN(C)S(C)(=O)=O.CN(C)S(C)=O.CNC(C)=O.CNC(C)=S.CNS(C)(=O)=O.CNS(C)=O.COC(=O)C(C)=O.COC(C)=O.COC(C)=S.COP(C)(=O)OC.COS(C)(=O)=O.COS(C)=O.CS(C)(=O)=O.CS(C)=O.CSC(C)=O.CSC(C)=S. The number of ketones is 4. The van der Waals surface area contributed by atoms with Crippen molar-refractivity contribution in [2.24, 2.45) is 0 Å². The van der Waals surface area contributed by atoms with Crippen LogP contribution in [-0.4, -0.2) is 361 Å². The quantitative estimate of drug-likeness (QED) is 0.0652. The van der Waals surface area contributed by atoms with Crippen LogP contribution in [0.15, 0.2) is 0 Å². The fourth-order valence-corrected chi connectivity index (χ4v) is 0.367. The van der Waals surface area contributed by atoms with E-state index in [0.29, 0.717) is 5.05 Å². The maximum Gasteiger partial charge on any atom is 0.374 e. The number of sulfone groups is 1. The van der Waals surface area contributed by atoms with Crippen molar-refractivity contribution in [2.75, 3.05) is 216 Å². The van der Waals surface area contributed by atoms with E-state index in [-0.39, 0.29) is 47.7 Å². The Morgan fingerprint density at radius 2 is 0.670 bits per heavy atom. The van der Waals surface area contributed by atoms with Crippen LogP contribution in [0, 0.1) is 0 Å². The molecule has 0 aliphatic carbocycles. The van der Waals surface area contributed by atoms with E-state index in [1.807, 2.05) is 66.9 Å². The number of ether oxygens (including phenoxy) is 3. The van der Waals surface area contributed by atoms with Crippen LogP contribution in [-0.2, 0) is 163 Å². The highest BCUT2D eigenvalue weighted by molar-refractivity contribution is 8.22. The molecular formula is C62H149N8O29PS15. The maximum atomic E-state index is 10.5. The first-order valence-electron chi connectivity index (χ1n) is 30.3. The van der Waals surface area contributed by atoms with E-state index in [1.165, 1.54) is 135 Å². The second-order valence-corrected chi connectivity index (χ2v) is 41.5. The van der Waals surface area contributed by atoms with Crippen LogP contribution in [0.5, 0.6) is 0 Å². The standard InChI is InChI=1S/C4H9NO.C4H9NS.C4H6O3.C4H6O2.C3H9NO2S.C3H9NOS.C3H7NO.C3H7NS.C3H9O3P.C3H6O2.2C3H6OS.C3H6O.C3H6S2.C3H6S.C2H7NO2S.C2H7NOS.C2H6O3S.2C2H6O2S.C2H6OS.CH4/c2*1-4(6)5(2)3;1-3(5)4(6)7-2;1-3(5)4(2)6;1-4(2)7(3,5)6;1-4(2)6(3)5;2*1-3(5)4-2;1-5-7(3,4)6-2;2*1-3(4)5-2;1-3(5)4-2;1-3(2)4;1-3(4)5-2;1-3(2)4;1-3-6(2,4)5;1-3-5(2)4;1-5-6(2,3)4;1-5(2,3)4;1-4-5(2)3;1-4(2)3;/h2*1-3H3;1-2H3;1-2H3;1-3H3;1-3H3;2*1-2H3,(H,4,5);1-3H3;3*1-2H3;1-2H3;1-2H3;1-2H3;3H,1-2H3;3H,1-2H3;1-2H3;2*1-2H3;1-2H3;1H4. The fourth-order valence-electron chi connectivity index (χ4n) is 0.218. The number of esters is 2. The second-order valence-electron chi connectivity index (χ2n) is 20.1. The number of nitrogens with zero attached hydrogens (tertiary/aromatic N) is 4. The second kappa shape index (κ2) is 120. The molecule has 0 saturated heterocycles. The first kappa shape index (κ1) is 170. The maximum absolute atomic E-state index is 10.5. The van der Waals surface area contributed by atoms with Gasteiger partial charge in [0.15, 0.2) is 32.8 Å². The lowest BCUT2D eigenvalue weighted by molar-refractivity contribution is -0.150. The van der Waals surface area contributed by atoms with Gasteiger partial charge >= 0.3 is 19.5 Å². The zero-order chi connectivity index (χ0) is 98.4. The number of thioether (sulfide) groups is 2. The number of thiocarbonyl (C=S) groups is 5. The van der Waals surface area contributed by atoms with Crippen molar-refractivity contribution in [1.82, 2.24) is 38.5 Å². The van der Waals surface area contributed by atoms with Crippen molar-refractivity contribution in [3.05, 3.63) is 0 Å². The van der Waals surface area contributed by atoms with E-state index in [2.05, 4.69) is 101 Å². The average molecular weight is 1980 g/mol. The van der Waals surface area contributed by atoms with Crippen molar-refractivity contribution >= 4 is 252 Å². The van der Waals surface area contributed by atoms with Crippen molar-refractivity contribution in [3.8, 4) is 0 Å². The van der Waals surface area contributed by atoms with E-state index < -0.39 is 103 Å². The van der Waals surface area contributed by atoms with E-state index in [9.17, 15) is 98.2 Å². The van der Waals surface area contributed by atoms with Crippen LogP contribution in [0.4, 0.5) is 0 Å². The predicted molar refractivity (Wildman–Crippen MR) is 508 cm³/mol. The van der Waals surface area contributed by atoms with Gasteiger partial charge in [0.05, 0.1) is 86.3 Å². The number of Topliss-reactive ketones (excluding diaryl/α,β-unsaturated/α-hetero) is 4. The molecule has 0 fully saturated rings. The third-order valence-electron chi connectivity index (χ3n) is 7.12. The van der Waals surface area contributed by atoms with Gasteiger partial charge in [-0.15, -0.1) is 11.8 Å². The Bertz CT molecular complexity index is 2810. The molecule has 0 rings (SSSR count). The molecule has 0 spiro atoms. The normalized spacial score (nSPS) is 9.58. The highest BCUT2D eigenvalue weighted by Gasteiger charge is 2.09. The van der Waals surface area contributed by atoms with Gasteiger partial charge in [0.1, 0.15) is 15.6 Å². The third kappa shape index (κ3) is 469. The molecule has 0 radical (unpaired) electrons. The van der Waals surface area contributed by atoms with Crippen molar-refractivity contribution in [3.63, 3.8) is 0 Å². The number of methoxy groups -OCH3 is 3. The summed E-state index contributed by atoms with van der Waals surface area (Å²) in [5, 5.41) is 5.91. The zero-order valence-electron chi connectivity index (χ0n) is 76.2. The highest BCUT2D eigenvalue weighted by Crippen LogP contribution is 2.40. The summed E-state index contributed by atoms with van der Waals surface area (Å²) in [6, 6.07) is 0. The molecule has 0 bridgehead atoms. The van der Waals surface area contributed by atoms with Crippen molar-refractivity contribution < 1.29 is 130 Å². The molecule has 0 aromatic heterocycles. The first-order valence-corrected chi connectivity index (χ1v) is 51.1. The van der Waals surface area contributed by atoms with Gasteiger partial charge < -0.3 is 48.5 Å². The lowest BCUT2D eigenvalue weighted by Gasteiger charge is -2.06. The molecule has 37 nitrogen and oxygen atoms in total. The van der Waals surface area contributed by atoms with Crippen LogP contribution >= 0.6 is 92.2 Å². The lowest BCUT2D eigenvalue weighted by atomic mass is 10.3. The van der Waals surface area contributed by atoms with E-state index in [0.717, 1.165) is 68.7 Å². The van der Waals surface area contributed by atoms with Crippen molar-refractivity contribution in [1.29, 1.82) is 0 Å². The minimum absolute atomic E-state index is 0. The summed E-state index contributed by atoms with van der Waals surface area (Å²) in [5.41, 5.74) is 0. The topological polar surface area (TPSA) is 501 Å². The Hall–Kier alpha value is -2.91.